The fourth-order valence-corrected chi connectivity index (χ4v) is 4.96. The fraction of sp³-hybridized carbons (Fsp3) is 0.625. The highest BCUT2D eigenvalue weighted by molar-refractivity contribution is 7.90. The summed E-state index contributed by atoms with van der Waals surface area (Å²) in [5, 5.41) is 3.43. The largest absolute Gasteiger partial charge is 0.339 e. The predicted molar refractivity (Wildman–Crippen MR) is 90.8 cm³/mol. The second kappa shape index (κ2) is 6.00. The number of rotatable bonds is 1. The van der Waals surface area contributed by atoms with Crippen LogP contribution in [-0.4, -0.2) is 68.4 Å². The molecule has 7 nitrogen and oxygen atoms in total. The van der Waals surface area contributed by atoms with Crippen molar-refractivity contribution < 1.29 is 13.2 Å². The molecular weight excluding hydrogens is 328 g/mol. The zero-order valence-corrected chi connectivity index (χ0v) is 14.3. The summed E-state index contributed by atoms with van der Waals surface area (Å²) in [5.74, 6) is 1.45. The van der Waals surface area contributed by atoms with Gasteiger partial charge in [-0.25, -0.2) is 8.42 Å². The zero-order valence-electron chi connectivity index (χ0n) is 13.5. The third-order valence-electron chi connectivity index (χ3n) is 5.39. The highest BCUT2D eigenvalue weighted by Gasteiger charge is 2.35. The van der Waals surface area contributed by atoms with Crippen molar-refractivity contribution in [1.82, 2.24) is 15.1 Å². The van der Waals surface area contributed by atoms with E-state index >= 15 is 0 Å². The SMILES string of the molecule is O=C(C1=CC=CN2CCS(=O)(=O)N=C12)N1CC[C@@H]2CNC[C@@H]2CC1. The molecule has 1 N–H and O–H groups in total. The van der Waals surface area contributed by atoms with Crippen molar-refractivity contribution in [3.8, 4) is 0 Å². The Morgan fingerprint density at radius 2 is 1.88 bits per heavy atom. The molecule has 0 radical (unpaired) electrons. The fourth-order valence-electron chi connectivity index (χ4n) is 3.97. The molecule has 4 aliphatic rings. The number of amidine groups is 1. The molecule has 2 fully saturated rings. The van der Waals surface area contributed by atoms with E-state index in [9.17, 15) is 13.2 Å². The number of nitrogens with zero attached hydrogens (tertiary/aromatic N) is 3. The molecular formula is C16H22N4O3S. The third-order valence-corrected chi connectivity index (χ3v) is 6.54. The van der Waals surface area contributed by atoms with Gasteiger partial charge in [0.2, 0.25) is 0 Å². The minimum Gasteiger partial charge on any atom is -0.339 e. The van der Waals surface area contributed by atoms with Crippen LogP contribution in [-0.2, 0) is 14.8 Å². The van der Waals surface area contributed by atoms with E-state index in [4.69, 9.17) is 0 Å². The van der Waals surface area contributed by atoms with Gasteiger partial charge in [-0.05, 0) is 49.9 Å². The number of sulfonamides is 1. The van der Waals surface area contributed by atoms with Gasteiger partial charge < -0.3 is 15.1 Å². The number of nitrogens with one attached hydrogen (secondary N) is 1. The molecule has 4 aliphatic heterocycles. The second-order valence-electron chi connectivity index (χ2n) is 6.86. The van der Waals surface area contributed by atoms with Gasteiger partial charge in [0.05, 0.1) is 11.3 Å². The van der Waals surface area contributed by atoms with Gasteiger partial charge in [0.1, 0.15) is 0 Å². The van der Waals surface area contributed by atoms with Crippen molar-refractivity contribution in [2.24, 2.45) is 16.2 Å². The number of amides is 1. The molecule has 4 heterocycles. The number of allylic oxidation sites excluding steroid dienone is 2. The van der Waals surface area contributed by atoms with Gasteiger partial charge in [-0.1, -0.05) is 0 Å². The van der Waals surface area contributed by atoms with Crippen LogP contribution in [0.2, 0.25) is 0 Å². The quantitative estimate of drug-likeness (QED) is 0.717. The summed E-state index contributed by atoms with van der Waals surface area (Å²) in [4.78, 5) is 16.6. The average Bonchev–Trinajstić information content (AvgIpc) is 2.91. The highest BCUT2D eigenvalue weighted by Crippen LogP contribution is 2.28. The molecule has 0 aromatic rings. The van der Waals surface area contributed by atoms with Gasteiger partial charge in [0.15, 0.2) is 5.84 Å². The lowest BCUT2D eigenvalue weighted by Gasteiger charge is -2.31. The van der Waals surface area contributed by atoms with Crippen LogP contribution in [0.4, 0.5) is 0 Å². The first-order valence-corrected chi connectivity index (χ1v) is 10.1. The predicted octanol–water partition coefficient (Wildman–Crippen LogP) is -0.0580. The second-order valence-corrected chi connectivity index (χ2v) is 8.62. The first-order valence-electron chi connectivity index (χ1n) is 8.52. The van der Waals surface area contributed by atoms with E-state index in [1.165, 1.54) is 0 Å². The molecule has 0 spiro atoms. The van der Waals surface area contributed by atoms with Crippen molar-refractivity contribution >= 4 is 21.8 Å². The van der Waals surface area contributed by atoms with Gasteiger partial charge in [-0.3, -0.25) is 4.79 Å². The van der Waals surface area contributed by atoms with Crippen LogP contribution in [0.5, 0.6) is 0 Å². The van der Waals surface area contributed by atoms with E-state index in [2.05, 4.69) is 9.71 Å². The molecule has 2 saturated heterocycles. The standard InChI is InChI=1S/C16H22N4O3S/c21-16(20-6-3-12-10-17-11-13(12)4-7-20)14-2-1-5-19-8-9-24(22,23)18-15(14)19/h1-2,5,12-13,17H,3-4,6-11H2/t12-,13+. The topological polar surface area (TPSA) is 82.1 Å². The Bertz CT molecular complexity index is 726. The normalized spacial score (nSPS) is 31.7. The van der Waals surface area contributed by atoms with Crippen LogP contribution < -0.4 is 5.32 Å². The van der Waals surface area contributed by atoms with E-state index in [0.717, 1.165) is 39.0 Å². The minimum absolute atomic E-state index is 0.0115. The van der Waals surface area contributed by atoms with Gasteiger partial charge in [-0.2, -0.15) is 0 Å². The number of carbonyl (C=O) groups excluding carboxylic acids is 1. The lowest BCUT2D eigenvalue weighted by Crippen LogP contribution is -2.44. The Kier molecular flexibility index (Phi) is 3.96. The maximum Gasteiger partial charge on any atom is 0.257 e. The van der Waals surface area contributed by atoms with Crippen molar-refractivity contribution in [3.63, 3.8) is 0 Å². The van der Waals surface area contributed by atoms with Crippen molar-refractivity contribution in [2.45, 2.75) is 12.8 Å². The monoisotopic (exact) mass is 350 g/mol. The molecule has 24 heavy (non-hydrogen) atoms. The number of likely N-dealkylation sites (tertiary alicyclic amines) is 1. The molecule has 8 heteroatoms. The maximum absolute atomic E-state index is 13.0. The van der Waals surface area contributed by atoms with Gasteiger partial charge >= 0.3 is 0 Å². The summed E-state index contributed by atoms with van der Waals surface area (Å²) in [5.41, 5.74) is 0.394. The number of fused-ring (bicyclic) bond motifs is 2. The Balaban J connectivity index is 1.56. The lowest BCUT2D eigenvalue weighted by molar-refractivity contribution is -0.126. The molecule has 130 valence electrons. The summed E-state index contributed by atoms with van der Waals surface area (Å²) in [6.45, 7) is 3.87. The smallest absolute Gasteiger partial charge is 0.257 e. The van der Waals surface area contributed by atoms with E-state index < -0.39 is 10.0 Å². The zero-order chi connectivity index (χ0) is 16.7. The van der Waals surface area contributed by atoms with Crippen LogP contribution in [0.15, 0.2) is 28.3 Å². The first-order chi connectivity index (χ1) is 11.5. The molecule has 0 saturated carbocycles. The molecule has 0 aromatic carbocycles. The average molecular weight is 350 g/mol. The summed E-state index contributed by atoms with van der Waals surface area (Å²) in [6, 6.07) is 0. The van der Waals surface area contributed by atoms with E-state index in [1.807, 2.05) is 4.90 Å². The molecule has 4 rings (SSSR count). The van der Waals surface area contributed by atoms with Crippen LogP contribution in [0.25, 0.3) is 0 Å². The van der Waals surface area contributed by atoms with E-state index in [-0.39, 0.29) is 17.5 Å². The van der Waals surface area contributed by atoms with Crippen LogP contribution in [0.1, 0.15) is 12.8 Å². The maximum atomic E-state index is 13.0. The molecule has 1 amide bonds. The summed E-state index contributed by atoms with van der Waals surface area (Å²) in [6.07, 6.45) is 7.26. The molecule has 0 bridgehead atoms. The van der Waals surface area contributed by atoms with E-state index in [1.54, 1.807) is 23.3 Å². The number of carbonyl (C=O) groups is 1. The molecule has 0 aromatic heterocycles. The van der Waals surface area contributed by atoms with Crippen LogP contribution in [0.3, 0.4) is 0 Å². The van der Waals surface area contributed by atoms with E-state index in [0.29, 0.717) is 24.0 Å². The summed E-state index contributed by atoms with van der Waals surface area (Å²) in [7, 11) is -3.48. The Hall–Kier alpha value is -1.67. The summed E-state index contributed by atoms with van der Waals surface area (Å²) < 4.78 is 27.5. The van der Waals surface area contributed by atoms with Gasteiger partial charge in [0.25, 0.3) is 15.9 Å². The van der Waals surface area contributed by atoms with Crippen molar-refractivity contribution in [3.05, 3.63) is 23.9 Å². The molecule has 0 unspecified atom stereocenters. The molecule has 2 atom stereocenters. The lowest BCUT2D eigenvalue weighted by atomic mass is 9.92. The molecule has 0 aliphatic carbocycles. The third kappa shape index (κ3) is 2.88. The highest BCUT2D eigenvalue weighted by atomic mass is 32.2. The Labute approximate surface area is 142 Å². The van der Waals surface area contributed by atoms with Crippen LogP contribution >= 0.6 is 0 Å². The minimum atomic E-state index is -3.48. The van der Waals surface area contributed by atoms with Crippen LogP contribution in [0, 0.1) is 11.8 Å². The van der Waals surface area contributed by atoms with Crippen molar-refractivity contribution in [1.29, 1.82) is 0 Å². The van der Waals surface area contributed by atoms with Gasteiger partial charge in [0, 0.05) is 25.8 Å². The Morgan fingerprint density at radius 1 is 1.17 bits per heavy atom. The summed E-state index contributed by atoms with van der Waals surface area (Å²) >= 11 is 0. The number of hydrogen-bond donors (Lipinski definition) is 1. The first kappa shape index (κ1) is 15.8. The Morgan fingerprint density at radius 3 is 2.58 bits per heavy atom. The van der Waals surface area contributed by atoms with Gasteiger partial charge in [-0.15, -0.1) is 4.40 Å². The number of hydrogen-bond acceptors (Lipinski definition) is 5. The van der Waals surface area contributed by atoms with Crippen molar-refractivity contribution in [2.75, 3.05) is 38.5 Å².